The number of carboxylic acid groups (broad SMARTS) is 1. The predicted octanol–water partition coefficient (Wildman–Crippen LogP) is 6.67. The van der Waals surface area contributed by atoms with Crippen LogP contribution < -0.4 is 5.32 Å². The number of hydrogen-bond donors (Lipinski definition) is 2. The maximum absolute atomic E-state index is 13.2. The third-order valence-corrected chi connectivity index (χ3v) is 7.13. The number of alkyl halides is 3. The Bertz CT molecular complexity index is 1730. The summed E-state index contributed by atoms with van der Waals surface area (Å²) in [6, 6.07) is 22.4. The Labute approximate surface area is 227 Å². The Kier molecular flexibility index (Phi) is 6.05. The number of benzene rings is 3. The van der Waals surface area contributed by atoms with E-state index in [2.05, 4.69) is 15.3 Å². The van der Waals surface area contributed by atoms with Gasteiger partial charge in [-0.05, 0) is 49.1 Å². The number of aromatic nitrogens is 4. The molecule has 0 saturated heterocycles. The van der Waals surface area contributed by atoms with Crippen LogP contribution in [0.25, 0.3) is 22.6 Å². The van der Waals surface area contributed by atoms with Gasteiger partial charge in [0, 0.05) is 12.1 Å². The number of nitrogens with zero attached hydrogens (tertiary/aromatic N) is 4. The van der Waals surface area contributed by atoms with Gasteiger partial charge in [0.1, 0.15) is 11.3 Å². The van der Waals surface area contributed by atoms with Crippen molar-refractivity contribution >= 4 is 23.0 Å². The van der Waals surface area contributed by atoms with Gasteiger partial charge >= 0.3 is 12.1 Å². The molecule has 0 bridgehead atoms. The van der Waals surface area contributed by atoms with Crippen LogP contribution in [0.2, 0.25) is 0 Å². The number of carboxylic acids is 1. The maximum Gasteiger partial charge on any atom is 0.416 e. The molecule has 10 heteroatoms. The molecule has 202 valence electrons. The average Bonchev–Trinajstić information content (AvgIpc) is 3.62. The molecule has 1 saturated carbocycles. The van der Waals surface area contributed by atoms with Crippen molar-refractivity contribution in [3.05, 3.63) is 107 Å². The van der Waals surface area contributed by atoms with Gasteiger partial charge in [-0.25, -0.2) is 19.7 Å². The Hall–Kier alpha value is -4.73. The Balaban J connectivity index is 1.54. The topological polar surface area (TPSA) is 92.9 Å². The van der Waals surface area contributed by atoms with Crippen LogP contribution in [0.3, 0.4) is 0 Å². The van der Waals surface area contributed by atoms with Gasteiger partial charge in [0.05, 0.1) is 11.1 Å². The minimum absolute atomic E-state index is 0.167. The third kappa shape index (κ3) is 4.76. The van der Waals surface area contributed by atoms with Gasteiger partial charge in [-0.3, -0.25) is 0 Å². The molecule has 5 aromatic rings. The molecule has 2 N–H and O–H groups in total. The summed E-state index contributed by atoms with van der Waals surface area (Å²) in [5.41, 5.74) is 2.90. The second-order valence-corrected chi connectivity index (χ2v) is 10.0. The molecular weight excluding hydrogens is 519 g/mol. The van der Waals surface area contributed by atoms with E-state index in [1.165, 1.54) is 12.1 Å². The Morgan fingerprint density at radius 2 is 1.70 bits per heavy atom. The molecule has 0 aliphatic heterocycles. The molecule has 7 nitrogen and oxygen atoms in total. The first-order chi connectivity index (χ1) is 19.1. The molecule has 2 aromatic heterocycles. The minimum Gasteiger partial charge on any atom is -0.475 e. The summed E-state index contributed by atoms with van der Waals surface area (Å²) < 4.78 is 41.4. The SMILES string of the molecule is Cc1cccc(-c2nc3nc(C(=O)O)nc(NC4(c5ccccc5)CC4)c3n2Cc2ccc(C(F)(F)F)cc2)c1. The highest BCUT2D eigenvalue weighted by atomic mass is 19.4. The molecule has 1 aliphatic carbocycles. The molecule has 0 radical (unpaired) electrons. The van der Waals surface area contributed by atoms with Crippen molar-refractivity contribution in [1.29, 1.82) is 0 Å². The number of halogens is 3. The first kappa shape index (κ1) is 25.5. The molecule has 3 aromatic carbocycles. The highest BCUT2D eigenvalue weighted by molar-refractivity contribution is 5.92. The highest BCUT2D eigenvalue weighted by Gasteiger charge is 2.45. The van der Waals surface area contributed by atoms with Crippen molar-refractivity contribution in [1.82, 2.24) is 19.5 Å². The molecule has 2 heterocycles. The van der Waals surface area contributed by atoms with Gasteiger partial charge in [0.15, 0.2) is 11.5 Å². The van der Waals surface area contributed by atoms with Crippen LogP contribution >= 0.6 is 0 Å². The lowest BCUT2D eigenvalue weighted by Gasteiger charge is -2.20. The van der Waals surface area contributed by atoms with E-state index in [4.69, 9.17) is 4.98 Å². The van der Waals surface area contributed by atoms with E-state index in [-0.39, 0.29) is 12.2 Å². The molecule has 6 rings (SSSR count). The van der Waals surface area contributed by atoms with Crippen molar-refractivity contribution in [2.75, 3.05) is 5.32 Å². The van der Waals surface area contributed by atoms with Gasteiger partial charge in [-0.15, -0.1) is 0 Å². The number of aryl methyl sites for hydroxylation is 1. The molecular formula is C30H24F3N5O2. The summed E-state index contributed by atoms with van der Waals surface area (Å²) in [5.74, 6) is -0.872. The number of fused-ring (bicyclic) bond motifs is 1. The molecule has 1 fully saturated rings. The number of carbonyl (C=O) groups is 1. The van der Waals surface area contributed by atoms with Crippen LogP contribution in [-0.4, -0.2) is 30.6 Å². The first-order valence-electron chi connectivity index (χ1n) is 12.7. The van der Waals surface area contributed by atoms with Crippen molar-refractivity contribution in [2.45, 2.75) is 38.0 Å². The van der Waals surface area contributed by atoms with Crippen LogP contribution in [0.15, 0.2) is 78.9 Å². The van der Waals surface area contributed by atoms with E-state index in [1.807, 2.05) is 66.1 Å². The molecule has 0 atom stereocenters. The monoisotopic (exact) mass is 543 g/mol. The van der Waals surface area contributed by atoms with Crippen molar-refractivity contribution in [3.8, 4) is 11.4 Å². The average molecular weight is 544 g/mol. The summed E-state index contributed by atoms with van der Waals surface area (Å²) in [7, 11) is 0. The number of aromatic carboxylic acids is 1. The van der Waals surface area contributed by atoms with Crippen LogP contribution in [0, 0.1) is 6.92 Å². The largest absolute Gasteiger partial charge is 0.475 e. The van der Waals surface area contributed by atoms with Gasteiger partial charge < -0.3 is 15.0 Å². The van der Waals surface area contributed by atoms with Crippen molar-refractivity contribution in [2.24, 2.45) is 0 Å². The molecule has 0 amide bonds. The zero-order valence-electron chi connectivity index (χ0n) is 21.4. The summed E-state index contributed by atoms with van der Waals surface area (Å²) >= 11 is 0. The number of anilines is 1. The standard InChI is InChI=1S/C30H24F3N5O2/c1-18-6-5-7-20(16-18)27-36-24-23(38(27)17-19-10-12-22(13-11-19)30(31,32)33)25(35-26(34-24)28(39)40)37-29(14-15-29)21-8-3-2-4-9-21/h2-13,16H,14-15,17H2,1H3,(H,39,40)(H,34,35,37). The number of nitrogens with one attached hydrogen (secondary N) is 1. The van der Waals surface area contributed by atoms with E-state index >= 15 is 0 Å². The normalized spacial score (nSPS) is 14.3. The van der Waals surface area contributed by atoms with Gasteiger partial charge in [0.25, 0.3) is 0 Å². The van der Waals surface area contributed by atoms with E-state index < -0.39 is 29.1 Å². The fraction of sp³-hybridized carbons (Fsp3) is 0.200. The van der Waals surface area contributed by atoms with Crippen LogP contribution in [0.1, 0.15) is 45.7 Å². The highest BCUT2D eigenvalue weighted by Crippen LogP contribution is 2.49. The lowest BCUT2D eigenvalue weighted by atomic mass is 10.1. The van der Waals surface area contributed by atoms with E-state index in [1.54, 1.807) is 0 Å². The van der Waals surface area contributed by atoms with Crippen LogP contribution in [0.4, 0.5) is 19.0 Å². The summed E-state index contributed by atoms with van der Waals surface area (Å²) in [6.45, 7) is 2.11. The quantitative estimate of drug-likeness (QED) is 0.238. The van der Waals surface area contributed by atoms with Crippen LogP contribution in [-0.2, 0) is 18.3 Å². The number of rotatable bonds is 7. The lowest BCUT2D eigenvalue weighted by molar-refractivity contribution is -0.137. The van der Waals surface area contributed by atoms with Gasteiger partial charge in [-0.1, -0.05) is 66.2 Å². The summed E-state index contributed by atoms with van der Waals surface area (Å²) in [6.07, 6.45) is -2.80. The molecule has 0 spiro atoms. The predicted molar refractivity (Wildman–Crippen MR) is 144 cm³/mol. The number of imidazole rings is 1. The minimum atomic E-state index is -4.44. The molecule has 0 unspecified atom stereocenters. The maximum atomic E-state index is 13.2. The fourth-order valence-corrected chi connectivity index (χ4v) is 4.95. The smallest absolute Gasteiger partial charge is 0.416 e. The van der Waals surface area contributed by atoms with Crippen LogP contribution in [0.5, 0.6) is 0 Å². The van der Waals surface area contributed by atoms with Crippen molar-refractivity contribution in [3.63, 3.8) is 0 Å². The van der Waals surface area contributed by atoms with Gasteiger partial charge in [-0.2, -0.15) is 13.2 Å². The first-order valence-corrected chi connectivity index (χ1v) is 12.7. The Morgan fingerprint density at radius 1 is 0.975 bits per heavy atom. The van der Waals surface area contributed by atoms with E-state index in [9.17, 15) is 23.1 Å². The van der Waals surface area contributed by atoms with E-state index in [0.717, 1.165) is 41.7 Å². The summed E-state index contributed by atoms with van der Waals surface area (Å²) in [4.78, 5) is 25.3. The molecule has 40 heavy (non-hydrogen) atoms. The third-order valence-electron chi connectivity index (χ3n) is 7.13. The van der Waals surface area contributed by atoms with Crippen molar-refractivity contribution < 1.29 is 23.1 Å². The Morgan fingerprint density at radius 3 is 2.33 bits per heavy atom. The number of hydrogen-bond acceptors (Lipinski definition) is 5. The zero-order valence-corrected chi connectivity index (χ0v) is 21.4. The second-order valence-electron chi connectivity index (χ2n) is 10.0. The second kappa shape index (κ2) is 9.48. The fourth-order valence-electron chi connectivity index (χ4n) is 4.95. The lowest BCUT2D eigenvalue weighted by Crippen LogP contribution is -2.21. The van der Waals surface area contributed by atoms with E-state index in [0.29, 0.717) is 22.7 Å². The van der Waals surface area contributed by atoms with Gasteiger partial charge in [0.2, 0.25) is 5.82 Å². The zero-order chi connectivity index (χ0) is 28.1. The molecule has 1 aliphatic rings. The summed E-state index contributed by atoms with van der Waals surface area (Å²) in [5, 5.41) is 13.3.